The van der Waals surface area contributed by atoms with E-state index in [2.05, 4.69) is 5.32 Å². The molecule has 122 valence electrons. The molecule has 6 nitrogen and oxygen atoms in total. The Bertz CT molecular complexity index is 561. The third-order valence-corrected chi connectivity index (χ3v) is 3.39. The molecule has 0 radical (unpaired) electrons. The number of hydrogen-bond donors (Lipinski definition) is 1. The van der Waals surface area contributed by atoms with E-state index in [-0.39, 0.29) is 24.4 Å². The topological polar surface area (TPSA) is 67.9 Å². The number of methoxy groups -OCH3 is 2. The van der Waals surface area contributed by atoms with E-state index >= 15 is 0 Å². The predicted molar refractivity (Wildman–Crippen MR) is 85.7 cm³/mol. The van der Waals surface area contributed by atoms with Crippen molar-refractivity contribution in [1.82, 2.24) is 4.90 Å². The normalized spacial score (nSPS) is 10.3. The molecule has 7 heteroatoms. The van der Waals surface area contributed by atoms with Crippen molar-refractivity contribution < 1.29 is 19.1 Å². The largest absolute Gasteiger partial charge is 0.495 e. The summed E-state index contributed by atoms with van der Waals surface area (Å²) in [6, 6.07) is 3.07. The van der Waals surface area contributed by atoms with Gasteiger partial charge in [0.15, 0.2) is 0 Å². The van der Waals surface area contributed by atoms with Crippen LogP contribution in [0.2, 0.25) is 5.02 Å². The number of halogens is 1. The molecule has 0 saturated heterocycles. The van der Waals surface area contributed by atoms with Gasteiger partial charge in [-0.3, -0.25) is 9.59 Å². The zero-order chi connectivity index (χ0) is 16.9. The van der Waals surface area contributed by atoms with Crippen LogP contribution in [0, 0.1) is 0 Å². The zero-order valence-electron chi connectivity index (χ0n) is 13.4. The second-order valence-corrected chi connectivity index (χ2v) is 5.38. The van der Waals surface area contributed by atoms with Gasteiger partial charge in [-0.2, -0.15) is 0 Å². The molecule has 1 rings (SSSR count). The number of carbonyl (C=O) groups excluding carboxylic acids is 2. The quantitative estimate of drug-likeness (QED) is 0.871. The molecule has 0 aromatic heterocycles. The van der Waals surface area contributed by atoms with E-state index in [1.165, 1.54) is 26.0 Å². The third kappa shape index (κ3) is 4.53. The lowest BCUT2D eigenvalue weighted by Crippen LogP contribution is -2.41. The van der Waals surface area contributed by atoms with Gasteiger partial charge < -0.3 is 19.7 Å². The fraction of sp³-hybridized carbons (Fsp3) is 0.467. The summed E-state index contributed by atoms with van der Waals surface area (Å²) >= 11 is 6.01. The van der Waals surface area contributed by atoms with Crippen molar-refractivity contribution in [2.24, 2.45) is 0 Å². The van der Waals surface area contributed by atoms with E-state index < -0.39 is 0 Å². The number of nitrogens with zero attached hydrogens (tertiary/aromatic N) is 1. The SMILES string of the molecule is COc1cc(NC(=O)CN(C(C)=O)C(C)C)c(OC)cc1Cl. The van der Waals surface area contributed by atoms with Gasteiger partial charge in [-0.1, -0.05) is 11.6 Å². The maximum absolute atomic E-state index is 12.2. The fourth-order valence-electron chi connectivity index (χ4n) is 1.96. The molecule has 1 aromatic rings. The Labute approximate surface area is 135 Å². The van der Waals surface area contributed by atoms with Gasteiger partial charge >= 0.3 is 0 Å². The summed E-state index contributed by atoms with van der Waals surface area (Å²) in [6.45, 7) is 5.08. The van der Waals surface area contributed by atoms with Crippen LogP contribution in [0.25, 0.3) is 0 Å². The van der Waals surface area contributed by atoms with Crippen molar-refractivity contribution in [1.29, 1.82) is 0 Å². The number of nitrogens with one attached hydrogen (secondary N) is 1. The van der Waals surface area contributed by atoms with E-state index in [1.54, 1.807) is 12.1 Å². The van der Waals surface area contributed by atoms with Crippen LogP contribution in [0.15, 0.2) is 12.1 Å². The smallest absolute Gasteiger partial charge is 0.244 e. The first-order valence-electron chi connectivity index (χ1n) is 6.78. The van der Waals surface area contributed by atoms with Gasteiger partial charge in [0.05, 0.1) is 24.9 Å². The van der Waals surface area contributed by atoms with E-state index in [0.717, 1.165) is 0 Å². The van der Waals surface area contributed by atoms with Crippen molar-refractivity contribution in [2.45, 2.75) is 26.8 Å². The molecular formula is C15H21ClN2O4. The number of rotatable bonds is 6. The van der Waals surface area contributed by atoms with E-state index in [0.29, 0.717) is 22.2 Å². The van der Waals surface area contributed by atoms with Crippen LogP contribution >= 0.6 is 11.6 Å². The molecule has 22 heavy (non-hydrogen) atoms. The predicted octanol–water partition coefficient (Wildman–Crippen LogP) is 2.55. The zero-order valence-corrected chi connectivity index (χ0v) is 14.2. The number of ether oxygens (including phenoxy) is 2. The van der Waals surface area contributed by atoms with Crippen molar-refractivity contribution in [2.75, 3.05) is 26.1 Å². The Morgan fingerprint density at radius 1 is 1.23 bits per heavy atom. The Hall–Kier alpha value is -1.95. The number of benzene rings is 1. The highest BCUT2D eigenvalue weighted by Crippen LogP contribution is 2.35. The van der Waals surface area contributed by atoms with Crippen molar-refractivity contribution >= 4 is 29.1 Å². The van der Waals surface area contributed by atoms with E-state index in [9.17, 15) is 9.59 Å². The Balaban J connectivity index is 2.94. The summed E-state index contributed by atoms with van der Waals surface area (Å²) in [5, 5.41) is 3.09. The molecule has 0 bridgehead atoms. The molecule has 0 aliphatic carbocycles. The summed E-state index contributed by atoms with van der Waals surface area (Å²) in [4.78, 5) is 25.1. The first-order valence-corrected chi connectivity index (χ1v) is 7.16. The second-order valence-electron chi connectivity index (χ2n) is 4.98. The number of hydrogen-bond acceptors (Lipinski definition) is 4. The minimum absolute atomic E-state index is 0.0406. The number of amides is 2. The molecule has 0 aliphatic heterocycles. The summed E-state index contributed by atoms with van der Waals surface area (Å²) < 4.78 is 10.3. The Kier molecular flexibility index (Phi) is 6.49. The van der Waals surface area contributed by atoms with Crippen LogP contribution in [0.4, 0.5) is 5.69 Å². The first-order chi connectivity index (χ1) is 10.3. The molecule has 2 amide bonds. The third-order valence-electron chi connectivity index (χ3n) is 3.09. The van der Waals surface area contributed by atoms with Gasteiger partial charge in [-0.05, 0) is 13.8 Å². The monoisotopic (exact) mass is 328 g/mol. The van der Waals surface area contributed by atoms with Crippen LogP contribution in [0.3, 0.4) is 0 Å². The highest BCUT2D eigenvalue weighted by molar-refractivity contribution is 6.32. The van der Waals surface area contributed by atoms with E-state index in [4.69, 9.17) is 21.1 Å². The van der Waals surface area contributed by atoms with Gasteiger partial charge in [0.2, 0.25) is 11.8 Å². The van der Waals surface area contributed by atoms with Crippen molar-refractivity contribution in [3.63, 3.8) is 0 Å². The molecule has 0 fully saturated rings. The summed E-state index contributed by atoms with van der Waals surface area (Å²) in [5.41, 5.74) is 0.431. The molecule has 0 aliphatic rings. The van der Waals surface area contributed by atoms with Crippen LogP contribution in [0.1, 0.15) is 20.8 Å². The average molecular weight is 329 g/mol. The van der Waals surface area contributed by atoms with Crippen LogP contribution < -0.4 is 14.8 Å². The number of anilines is 1. The first kappa shape index (κ1) is 18.1. The fourth-order valence-corrected chi connectivity index (χ4v) is 2.19. The highest BCUT2D eigenvalue weighted by atomic mass is 35.5. The lowest BCUT2D eigenvalue weighted by atomic mass is 10.2. The van der Waals surface area contributed by atoms with Crippen LogP contribution in [0.5, 0.6) is 11.5 Å². The lowest BCUT2D eigenvalue weighted by Gasteiger charge is -2.24. The summed E-state index contributed by atoms with van der Waals surface area (Å²) in [6.07, 6.45) is 0. The standard InChI is InChI=1S/C15H21ClN2O4/c1-9(2)18(10(3)19)8-15(20)17-12-7-13(21-4)11(16)6-14(12)22-5/h6-7,9H,8H2,1-5H3,(H,17,20). The molecule has 0 atom stereocenters. The average Bonchev–Trinajstić information content (AvgIpc) is 2.45. The van der Waals surface area contributed by atoms with Crippen LogP contribution in [-0.2, 0) is 9.59 Å². The second kappa shape index (κ2) is 7.89. The number of carbonyl (C=O) groups is 2. The lowest BCUT2D eigenvalue weighted by molar-refractivity contribution is -0.134. The minimum Gasteiger partial charge on any atom is -0.495 e. The van der Waals surface area contributed by atoms with Gasteiger partial charge in [0.25, 0.3) is 0 Å². The molecule has 0 unspecified atom stereocenters. The van der Waals surface area contributed by atoms with Gasteiger partial charge in [-0.15, -0.1) is 0 Å². The Morgan fingerprint density at radius 2 is 1.82 bits per heavy atom. The molecule has 0 saturated carbocycles. The molecule has 1 N–H and O–H groups in total. The highest BCUT2D eigenvalue weighted by Gasteiger charge is 2.18. The van der Waals surface area contributed by atoms with E-state index in [1.807, 2.05) is 13.8 Å². The minimum atomic E-state index is -0.327. The van der Waals surface area contributed by atoms with Gasteiger partial charge in [0, 0.05) is 25.1 Å². The van der Waals surface area contributed by atoms with Crippen LogP contribution in [-0.4, -0.2) is 43.5 Å². The summed E-state index contributed by atoms with van der Waals surface area (Å²) in [7, 11) is 2.96. The molecular weight excluding hydrogens is 308 g/mol. The molecule has 0 heterocycles. The maximum Gasteiger partial charge on any atom is 0.244 e. The van der Waals surface area contributed by atoms with Crippen molar-refractivity contribution in [3.05, 3.63) is 17.2 Å². The molecule has 1 aromatic carbocycles. The van der Waals surface area contributed by atoms with Gasteiger partial charge in [0.1, 0.15) is 18.0 Å². The maximum atomic E-state index is 12.2. The Morgan fingerprint density at radius 3 is 2.27 bits per heavy atom. The molecule has 0 spiro atoms. The van der Waals surface area contributed by atoms with Gasteiger partial charge in [-0.25, -0.2) is 0 Å². The van der Waals surface area contributed by atoms with Crippen molar-refractivity contribution in [3.8, 4) is 11.5 Å². The summed E-state index contributed by atoms with van der Waals surface area (Å²) in [5.74, 6) is 0.348.